The van der Waals surface area contributed by atoms with Crippen molar-refractivity contribution in [2.75, 3.05) is 0 Å². The van der Waals surface area contributed by atoms with E-state index in [1.807, 2.05) is 70.2 Å². The largest absolute Gasteiger partial charge is 0.184 e. The van der Waals surface area contributed by atoms with Crippen LogP contribution in [0.25, 0.3) is 77.2 Å². The molecule has 0 atom stereocenters. The monoisotopic (exact) mass is 1230 g/mol. The molecule has 0 unspecified atom stereocenters. The second-order valence-electron chi connectivity index (χ2n) is 19.4. The van der Waals surface area contributed by atoms with E-state index >= 15 is 0 Å². The van der Waals surface area contributed by atoms with Crippen LogP contribution < -0.4 is 10.4 Å². The molecule has 1 aliphatic rings. The van der Waals surface area contributed by atoms with Gasteiger partial charge in [-0.25, -0.2) is 0 Å². The Hall–Kier alpha value is -6.18. The Labute approximate surface area is 476 Å². The maximum Gasteiger partial charge on any atom is 0.0920 e. The number of rotatable bonds is 6. The molecule has 10 aromatic carbocycles. The zero-order chi connectivity index (χ0) is 57.9. The van der Waals surface area contributed by atoms with E-state index in [2.05, 4.69) is 42.5 Å². The van der Waals surface area contributed by atoms with Gasteiger partial charge in [-0.15, -0.1) is 62.5 Å². The van der Waals surface area contributed by atoms with Gasteiger partial charge in [-0.1, -0.05) is 147 Å². The van der Waals surface area contributed by atoms with Gasteiger partial charge in [-0.05, 0) is 81.6 Å². The van der Waals surface area contributed by atoms with Crippen molar-refractivity contribution in [1.29, 1.82) is 0 Å². The van der Waals surface area contributed by atoms with Crippen molar-refractivity contribution in [2.45, 2.75) is 64.2 Å². The molecule has 11 rings (SSSR count). The van der Waals surface area contributed by atoms with Crippen LogP contribution in [0.1, 0.15) is 72.9 Å². The first-order valence-electron chi connectivity index (χ1n) is 24.8. The summed E-state index contributed by atoms with van der Waals surface area (Å²) in [5, 5.41) is 5.62. The van der Waals surface area contributed by atoms with Gasteiger partial charge in [0.05, 0.1) is 31.8 Å². The van der Waals surface area contributed by atoms with Crippen molar-refractivity contribution < 1.29 is 73.5 Å². The van der Waals surface area contributed by atoms with E-state index in [0.29, 0.717) is 44.2 Å². The molecule has 0 saturated heterocycles. The Morgan fingerprint density at radius 3 is 1.15 bits per heavy atom. The van der Waals surface area contributed by atoms with Crippen LogP contribution in [0.4, 0.5) is 52.7 Å². The third kappa shape index (κ3) is 13.8. The Kier molecular flexibility index (Phi) is 18.4. The van der Waals surface area contributed by atoms with Crippen molar-refractivity contribution in [2.24, 2.45) is 0 Å². The number of hydrogen-bond donors (Lipinski definition) is 0. The maximum atomic E-state index is 13.5. The van der Waals surface area contributed by atoms with E-state index in [4.69, 9.17) is 17.0 Å². The summed E-state index contributed by atoms with van der Waals surface area (Å²) in [4.78, 5) is 0. The topological polar surface area (TPSA) is 0 Å². The van der Waals surface area contributed by atoms with Gasteiger partial charge in [0.25, 0.3) is 0 Å². The predicted octanol–water partition coefficient (Wildman–Crippen LogP) is 20.6. The van der Waals surface area contributed by atoms with Gasteiger partial charge in [-0.3, -0.25) is 0 Å². The molecule has 2 radical (unpaired) electrons. The van der Waals surface area contributed by atoms with Crippen molar-refractivity contribution in [1.82, 2.24) is 0 Å². The van der Waals surface area contributed by atoms with Crippen molar-refractivity contribution >= 4 is 58.5 Å². The van der Waals surface area contributed by atoms with Crippen molar-refractivity contribution in [3.63, 3.8) is 0 Å². The number of halogens is 14. The van der Waals surface area contributed by atoms with Crippen molar-refractivity contribution in [3.05, 3.63) is 228 Å². The summed E-state index contributed by atoms with van der Waals surface area (Å²) < 4.78 is 162. The Balaban J connectivity index is 0.000000165. The first-order chi connectivity index (χ1) is 37.8. The van der Waals surface area contributed by atoms with Gasteiger partial charge in [0.15, 0.2) is 0 Å². The molecule has 0 fully saturated rings. The third-order valence-electron chi connectivity index (χ3n) is 13.4. The molecule has 0 nitrogen and oxygen atoms in total. The zero-order valence-corrected chi connectivity index (χ0v) is 47.8. The molecule has 16 heteroatoms. The summed E-state index contributed by atoms with van der Waals surface area (Å²) in [6, 6.07) is 54.4. The first-order valence-corrected chi connectivity index (χ1v) is 32.1. The van der Waals surface area contributed by atoms with Gasteiger partial charge in [-0.2, -0.15) is 94.3 Å². The summed E-state index contributed by atoms with van der Waals surface area (Å²) in [5.41, 5.74) is 2.46. The standard InChI is InChI=1S/2C26H19F6.C12H7Si.2ClH.Zr/c2*1-15(2)18-10-17-8-9-22(16-6-4-3-5-7-16)24(23(17)13-18)19-11-20(25(27,28)29)14-21(12-19)26(30,31)32;1-3-7-11-9(5-1)10-6-2-4-8-12(10)13-11;;;/h2*3-15H,1-2H3;1-7H;2*1H;/q3*-1;;;+2/p-2. The van der Waals surface area contributed by atoms with E-state index in [-0.39, 0.29) is 35.1 Å². The smallest absolute Gasteiger partial charge is 0.0920 e. The second kappa shape index (κ2) is 24.5. The second-order valence-corrected chi connectivity index (χ2v) is 24.4. The number of alkyl halides is 12. The molecular formula is C64H45Cl2F12SiZr-3. The molecule has 80 heavy (non-hydrogen) atoms. The predicted molar refractivity (Wildman–Crippen MR) is 296 cm³/mol. The molecule has 1 heterocycles. The Morgan fingerprint density at radius 1 is 0.412 bits per heavy atom. The SMILES string of the molecule is CC(C)c1cc2c(-c3cc(C(F)(F)F)cc(C(F)(F)F)c3)c(-c3ccccc3)ccc2[cH-]1.CC(C)c1cc2c(-c3cc(C(F)(F)F)cc(C(F)(F)F)c3)c(-c3ccccc3)ccc2[cH-]1.[Cl][Zr][Cl].[c-]1cccc2c1[Si]c1ccccc1-2. The summed E-state index contributed by atoms with van der Waals surface area (Å²) >= 11 is -0.826. The fourth-order valence-electron chi connectivity index (χ4n) is 9.54. The van der Waals surface area contributed by atoms with Gasteiger partial charge in [0.2, 0.25) is 0 Å². The van der Waals surface area contributed by atoms with Gasteiger partial charge >= 0.3 is 62.6 Å². The van der Waals surface area contributed by atoms with Crippen LogP contribution in [-0.4, -0.2) is 9.52 Å². The molecule has 0 bridgehead atoms. The molecule has 10 aromatic rings. The fourth-order valence-corrected chi connectivity index (χ4v) is 10.8. The molecule has 0 aliphatic carbocycles. The van der Waals surface area contributed by atoms with E-state index in [1.165, 1.54) is 21.5 Å². The molecule has 0 amide bonds. The Bertz CT molecular complexity index is 3450. The maximum absolute atomic E-state index is 13.5. The molecule has 0 N–H and O–H groups in total. The molecule has 0 spiro atoms. The van der Waals surface area contributed by atoms with Crippen LogP contribution in [-0.2, 0) is 45.6 Å². The molecular weight excluding hydrogens is 1190 g/mol. The quantitative estimate of drug-likeness (QED) is 0.0884. The van der Waals surface area contributed by atoms with Crippen LogP contribution in [0.5, 0.6) is 0 Å². The molecule has 0 saturated carbocycles. The van der Waals surface area contributed by atoms with Crippen molar-refractivity contribution in [3.8, 4) is 55.6 Å². The van der Waals surface area contributed by atoms with Crippen LogP contribution in [0.15, 0.2) is 188 Å². The molecule has 1 aliphatic heterocycles. The van der Waals surface area contributed by atoms with E-state index in [0.717, 1.165) is 55.7 Å². The summed E-state index contributed by atoms with van der Waals surface area (Å²) in [5.74, 6) is 0.311. The van der Waals surface area contributed by atoms with Gasteiger partial charge in [0, 0.05) is 0 Å². The number of hydrogen-bond acceptors (Lipinski definition) is 0. The molecule has 410 valence electrons. The average Bonchev–Trinajstić information content (AvgIpc) is 4.18. The Morgan fingerprint density at radius 2 is 0.775 bits per heavy atom. The minimum Gasteiger partial charge on any atom is -0.184 e. The summed E-state index contributed by atoms with van der Waals surface area (Å²) in [6.45, 7) is 7.94. The van der Waals surface area contributed by atoms with Gasteiger partial charge in [0.1, 0.15) is 0 Å². The van der Waals surface area contributed by atoms with Crippen LogP contribution in [0.3, 0.4) is 0 Å². The zero-order valence-electron chi connectivity index (χ0n) is 42.8. The van der Waals surface area contributed by atoms with E-state index < -0.39 is 67.8 Å². The summed E-state index contributed by atoms with van der Waals surface area (Å²) in [6.07, 6.45) is -19.6. The van der Waals surface area contributed by atoms with Crippen LogP contribution in [0, 0.1) is 6.07 Å². The minimum absolute atomic E-state index is 0.113. The fraction of sp³-hybridized carbons (Fsp3) is 0.156. The third-order valence-corrected chi connectivity index (χ3v) is 14.8. The van der Waals surface area contributed by atoms with Crippen LogP contribution >= 0.6 is 17.0 Å². The summed E-state index contributed by atoms with van der Waals surface area (Å²) in [7, 11) is 10.7. The van der Waals surface area contributed by atoms with E-state index in [1.54, 1.807) is 72.8 Å². The molecule has 0 aromatic heterocycles. The minimum atomic E-state index is -4.91. The average molecular weight is 1230 g/mol. The number of fused-ring (bicyclic) bond motifs is 5. The van der Waals surface area contributed by atoms with E-state index in [9.17, 15) is 52.7 Å². The van der Waals surface area contributed by atoms with Crippen LogP contribution in [0.2, 0.25) is 0 Å². The first kappa shape index (κ1) is 59.9. The normalized spacial score (nSPS) is 12.3. The number of benzene rings is 8. The van der Waals surface area contributed by atoms with Gasteiger partial charge < -0.3 is 0 Å².